The van der Waals surface area contributed by atoms with E-state index in [1.165, 1.54) is 0 Å². The Hall–Kier alpha value is -3.37. The van der Waals surface area contributed by atoms with Crippen LogP contribution >= 0.6 is 0 Å². The van der Waals surface area contributed by atoms with E-state index < -0.39 is 11.7 Å². The molecule has 3 heterocycles. The van der Waals surface area contributed by atoms with Crippen LogP contribution in [0.3, 0.4) is 0 Å². The lowest BCUT2D eigenvalue weighted by Gasteiger charge is -2.34. The molecule has 1 aliphatic carbocycles. The van der Waals surface area contributed by atoms with Gasteiger partial charge in [-0.3, -0.25) is 9.59 Å². The first-order chi connectivity index (χ1) is 16.6. The summed E-state index contributed by atoms with van der Waals surface area (Å²) in [5.74, 6) is 0.343. The van der Waals surface area contributed by atoms with Crippen LogP contribution in [0.4, 0.5) is 24.8 Å². The average molecular weight is 492 g/mol. The highest BCUT2D eigenvalue weighted by Gasteiger charge is 2.33. The number of aromatic nitrogens is 2. The normalized spacial score (nSPS) is 18.2. The lowest BCUT2D eigenvalue weighted by atomic mass is 10.0. The lowest BCUT2D eigenvalue weighted by molar-refractivity contribution is -0.138. The Morgan fingerprint density at radius 1 is 1.20 bits per heavy atom. The first-order valence-electron chi connectivity index (χ1n) is 11.7. The number of hydrogen-bond acceptors (Lipinski definition) is 6. The second-order valence-electron chi connectivity index (χ2n) is 8.88. The number of hydrogen-bond donors (Lipinski definition) is 2. The van der Waals surface area contributed by atoms with Gasteiger partial charge in [0.05, 0.1) is 12.2 Å². The Labute approximate surface area is 201 Å². The van der Waals surface area contributed by atoms with Gasteiger partial charge in [0.2, 0.25) is 5.91 Å². The molecule has 1 saturated carbocycles. The van der Waals surface area contributed by atoms with Crippen LogP contribution in [-0.2, 0) is 11.0 Å². The van der Waals surface area contributed by atoms with E-state index in [1.807, 2.05) is 4.90 Å². The van der Waals surface area contributed by atoms with E-state index in [9.17, 15) is 22.8 Å². The Morgan fingerprint density at radius 3 is 2.66 bits per heavy atom. The third-order valence-corrected chi connectivity index (χ3v) is 5.93. The highest BCUT2D eigenvalue weighted by Crippen LogP contribution is 2.36. The largest absolute Gasteiger partial charge is 0.490 e. The molecule has 2 amide bonds. The van der Waals surface area contributed by atoms with E-state index in [0.29, 0.717) is 42.4 Å². The number of nitrogens with zero attached hydrogens (tertiary/aromatic N) is 3. The summed E-state index contributed by atoms with van der Waals surface area (Å²) in [4.78, 5) is 35.2. The number of alkyl halides is 3. The Morgan fingerprint density at radius 2 is 1.97 bits per heavy atom. The second kappa shape index (κ2) is 10.1. The van der Waals surface area contributed by atoms with Crippen molar-refractivity contribution in [3.63, 3.8) is 0 Å². The topological polar surface area (TPSA) is 96.4 Å². The highest BCUT2D eigenvalue weighted by molar-refractivity contribution is 5.97. The summed E-state index contributed by atoms with van der Waals surface area (Å²) in [5.41, 5.74) is 0.108. The van der Waals surface area contributed by atoms with Crippen molar-refractivity contribution in [1.82, 2.24) is 15.3 Å². The number of rotatable bonds is 7. The van der Waals surface area contributed by atoms with Gasteiger partial charge in [-0.2, -0.15) is 13.2 Å². The molecular formula is C24H28F3N5O3. The van der Waals surface area contributed by atoms with E-state index in [2.05, 4.69) is 20.6 Å². The smallest absolute Gasteiger partial charge is 0.418 e. The van der Waals surface area contributed by atoms with Crippen molar-refractivity contribution in [2.75, 3.05) is 29.9 Å². The van der Waals surface area contributed by atoms with Gasteiger partial charge >= 0.3 is 6.18 Å². The predicted octanol–water partition coefficient (Wildman–Crippen LogP) is 3.95. The zero-order valence-electron chi connectivity index (χ0n) is 19.6. The number of carbonyl (C=O) groups excluding carboxylic acids is 2. The van der Waals surface area contributed by atoms with Crippen molar-refractivity contribution < 1.29 is 27.5 Å². The van der Waals surface area contributed by atoms with Gasteiger partial charge < -0.3 is 20.3 Å². The van der Waals surface area contributed by atoms with Gasteiger partial charge in [-0.05, 0) is 57.7 Å². The van der Waals surface area contributed by atoms with E-state index in [4.69, 9.17) is 4.74 Å². The fraction of sp³-hybridized carbons (Fsp3) is 0.500. The maximum absolute atomic E-state index is 13.1. The minimum atomic E-state index is -4.52. The van der Waals surface area contributed by atoms with Crippen LogP contribution in [0.1, 0.15) is 54.2 Å². The fourth-order valence-corrected chi connectivity index (χ4v) is 4.09. The maximum atomic E-state index is 13.1. The SMILES string of the molecule is CCOc1cc(C(F)(F)F)cnc1N1CCCC(NC(=O)c2cc(C)nc(NC(=O)C3CC3)c2)C1. The highest BCUT2D eigenvalue weighted by atomic mass is 19.4. The molecule has 2 N–H and O–H groups in total. The molecule has 2 aliphatic rings. The quantitative estimate of drug-likeness (QED) is 0.609. The Balaban J connectivity index is 1.46. The van der Waals surface area contributed by atoms with Crippen LogP contribution in [0.5, 0.6) is 5.75 Å². The molecule has 4 rings (SSSR count). The third kappa shape index (κ3) is 6.20. The van der Waals surface area contributed by atoms with E-state index in [1.54, 1.807) is 26.0 Å². The van der Waals surface area contributed by atoms with E-state index >= 15 is 0 Å². The number of halogens is 3. The van der Waals surface area contributed by atoms with E-state index in [0.717, 1.165) is 31.5 Å². The molecule has 2 fully saturated rings. The first kappa shape index (κ1) is 24.7. The number of pyridine rings is 2. The molecule has 1 saturated heterocycles. The lowest BCUT2D eigenvalue weighted by Crippen LogP contribution is -2.48. The van der Waals surface area contributed by atoms with Crippen LogP contribution in [0.15, 0.2) is 24.4 Å². The summed E-state index contributed by atoms with van der Waals surface area (Å²) >= 11 is 0. The van der Waals surface area contributed by atoms with Crippen LogP contribution in [-0.4, -0.2) is 47.5 Å². The van der Waals surface area contributed by atoms with Gasteiger partial charge in [0.15, 0.2) is 11.6 Å². The number of piperidine rings is 1. The molecule has 2 aromatic heterocycles. The zero-order valence-corrected chi connectivity index (χ0v) is 19.6. The van der Waals surface area contributed by atoms with Crippen LogP contribution < -0.4 is 20.3 Å². The van der Waals surface area contributed by atoms with Crippen molar-refractivity contribution in [2.24, 2.45) is 5.92 Å². The van der Waals surface area contributed by atoms with Crippen molar-refractivity contribution in [3.05, 3.63) is 41.2 Å². The summed E-state index contributed by atoms with van der Waals surface area (Å²) in [6.45, 7) is 4.60. The predicted molar refractivity (Wildman–Crippen MR) is 123 cm³/mol. The summed E-state index contributed by atoms with van der Waals surface area (Å²) in [7, 11) is 0. The molecule has 0 bridgehead atoms. The molecule has 35 heavy (non-hydrogen) atoms. The van der Waals surface area contributed by atoms with Crippen LogP contribution in [0, 0.1) is 12.8 Å². The molecule has 1 atom stereocenters. The minimum absolute atomic E-state index is 0.0168. The van der Waals surface area contributed by atoms with Crippen molar-refractivity contribution in [1.29, 1.82) is 0 Å². The molecule has 0 radical (unpaired) electrons. The summed E-state index contributed by atoms with van der Waals surface area (Å²) < 4.78 is 44.9. The Kier molecular flexibility index (Phi) is 7.13. The molecule has 8 nitrogen and oxygen atoms in total. The number of carbonyl (C=O) groups is 2. The number of ether oxygens (including phenoxy) is 1. The van der Waals surface area contributed by atoms with Crippen LogP contribution in [0.2, 0.25) is 0 Å². The standard InChI is InChI=1S/C24H28F3N5O3/c1-3-35-19-11-17(24(25,26)27)12-28-21(19)32-8-4-5-18(13-32)30-23(34)16-9-14(2)29-20(10-16)31-22(33)15-6-7-15/h9-12,15,18H,3-8,13H2,1-2H3,(H,30,34)(H,29,31,33). The molecule has 0 spiro atoms. The monoisotopic (exact) mass is 491 g/mol. The van der Waals surface area contributed by atoms with Gasteiger partial charge in [0, 0.05) is 42.5 Å². The van der Waals surface area contributed by atoms with Gasteiger partial charge in [-0.1, -0.05) is 0 Å². The molecule has 1 aliphatic heterocycles. The zero-order chi connectivity index (χ0) is 25.2. The molecule has 1 unspecified atom stereocenters. The second-order valence-corrected chi connectivity index (χ2v) is 8.88. The number of amides is 2. The summed E-state index contributed by atoms with van der Waals surface area (Å²) in [5, 5.41) is 5.76. The molecule has 11 heteroatoms. The van der Waals surface area contributed by atoms with Gasteiger partial charge in [0.1, 0.15) is 5.82 Å². The number of nitrogens with one attached hydrogen (secondary N) is 2. The number of anilines is 2. The molecule has 0 aromatic carbocycles. The Bertz CT molecular complexity index is 1100. The fourth-order valence-electron chi connectivity index (χ4n) is 4.09. The van der Waals surface area contributed by atoms with Crippen LogP contribution in [0.25, 0.3) is 0 Å². The summed E-state index contributed by atoms with van der Waals surface area (Å²) in [6.07, 6.45) is -0.559. The minimum Gasteiger partial charge on any atom is -0.490 e. The molecule has 2 aromatic rings. The van der Waals surface area contributed by atoms with Gasteiger partial charge in [-0.15, -0.1) is 0 Å². The van der Waals surface area contributed by atoms with E-state index in [-0.39, 0.29) is 36.1 Å². The maximum Gasteiger partial charge on any atom is 0.418 e. The molecule has 188 valence electrons. The number of aryl methyl sites for hydroxylation is 1. The van der Waals surface area contributed by atoms with Crippen molar-refractivity contribution in [2.45, 2.75) is 51.7 Å². The van der Waals surface area contributed by atoms with Crippen molar-refractivity contribution >= 4 is 23.5 Å². The van der Waals surface area contributed by atoms with Gasteiger partial charge in [0.25, 0.3) is 5.91 Å². The van der Waals surface area contributed by atoms with Crippen molar-refractivity contribution in [3.8, 4) is 5.75 Å². The average Bonchev–Trinajstić information content (AvgIpc) is 3.64. The summed E-state index contributed by atoms with van der Waals surface area (Å²) in [6, 6.07) is 3.92. The third-order valence-electron chi connectivity index (χ3n) is 5.93. The van der Waals surface area contributed by atoms with Gasteiger partial charge in [-0.25, -0.2) is 9.97 Å². The molecular weight excluding hydrogens is 463 g/mol. The first-order valence-corrected chi connectivity index (χ1v) is 11.7.